The van der Waals surface area contributed by atoms with Gasteiger partial charge in [0.25, 0.3) is 0 Å². The van der Waals surface area contributed by atoms with Gasteiger partial charge in [0.1, 0.15) is 5.82 Å². The largest absolute Gasteiger partial charge is 0.366 e. The van der Waals surface area contributed by atoms with Crippen LogP contribution in [0, 0.1) is 5.92 Å². The Kier molecular flexibility index (Phi) is 7.21. The number of aldehydes is 1. The highest BCUT2D eigenvalue weighted by molar-refractivity contribution is 6.39. The van der Waals surface area contributed by atoms with E-state index in [9.17, 15) is 9.59 Å². The van der Waals surface area contributed by atoms with Gasteiger partial charge in [-0.2, -0.15) is 0 Å². The summed E-state index contributed by atoms with van der Waals surface area (Å²) in [4.78, 5) is 33.8. The van der Waals surface area contributed by atoms with E-state index in [1.54, 1.807) is 24.5 Å². The predicted molar refractivity (Wildman–Crippen MR) is 157 cm³/mol. The average Bonchev–Trinajstić information content (AvgIpc) is 3.80. The van der Waals surface area contributed by atoms with Crippen LogP contribution in [0.2, 0.25) is 10.0 Å². The number of rotatable bonds is 8. The molecule has 7 nitrogen and oxygen atoms in total. The molecule has 0 amide bonds. The zero-order valence-corrected chi connectivity index (χ0v) is 22.6. The Morgan fingerprint density at radius 1 is 0.974 bits per heavy atom. The lowest BCUT2D eigenvalue weighted by Crippen LogP contribution is -2.38. The second kappa shape index (κ2) is 10.9. The van der Waals surface area contributed by atoms with Gasteiger partial charge in [0.05, 0.1) is 44.3 Å². The summed E-state index contributed by atoms with van der Waals surface area (Å²) in [7, 11) is 0. The number of hydrogen-bond acceptors (Lipinski definition) is 7. The normalized spacial score (nSPS) is 17.1. The molecule has 9 heteroatoms. The number of nitrogens with zero attached hydrogens (tertiary/aromatic N) is 2. The number of Topliss-reactive ketones (excluding diaryl/α,β-unsaturated/α-hetero) is 1. The standard InChI is InChI=1S/C30H27Cl2N5O2/c31-25-11-19(12-26(32)24(25)16-38)18-5-7-27-22(10-18)29(23(15-34-27)30(39)17-3-4-17)37-21-6-8-28(35-14-21)36-20-2-1-9-33-13-20/h5-8,10-12,14-17,20,33H,1-4,9,13H2,(H,34,37)(H,35,36). The fourth-order valence-electron chi connectivity index (χ4n) is 5.00. The van der Waals surface area contributed by atoms with Gasteiger partial charge < -0.3 is 16.0 Å². The zero-order chi connectivity index (χ0) is 26.9. The van der Waals surface area contributed by atoms with E-state index in [2.05, 4.69) is 25.9 Å². The van der Waals surface area contributed by atoms with Crippen LogP contribution in [0.4, 0.5) is 17.2 Å². The van der Waals surface area contributed by atoms with Gasteiger partial charge in [-0.25, -0.2) is 4.98 Å². The molecule has 39 heavy (non-hydrogen) atoms. The Hall–Kier alpha value is -3.52. The lowest BCUT2D eigenvalue weighted by atomic mass is 9.98. The number of pyridine rings is 2. The number of carbonyl (C=O) groups is 2. The van der Waals surface area contributed by atoms with Crippen LogP contribution in [0.1, 0.15) is 46.4 Å². The number of piperidine rings is 1. The zero-order valence-electron chi connectivity index (χ0n) is 21.1. The summed E-state index contributed by atoms with van der Waals surface area (Å²) in [5.74, 6) is 0.947. The molecule has 198 valence electrons. The van der Waals surface area contributed by atoms with Gasteiger partial charge in [0, 0.05) is 30.1 Å². The van der Waals surface area contributed by atoms with E-state index in [-0.39, 0.29) is 27.3 Å². The molecule has 0 spiro atoms. The van der Waals surface area contributed by atoms with Gasteiger partial charge in [-0.3, -0.25) is 14.6 Å². The molecule has 2 aliphatic rings. The van der Waals surface area contributed by atoms with Gasteiger partial charge in [-0.15, -0.1) is 0 Å². The molecule has 0 bridgehead atoms. The van der Waals surface area contributed by atoms with Crippen LogP contribution in [0.25, 0.3) is 22.0 Å². The van der Waals surface area contributed by atoms with Gasteiger partial charge in [-0.1, -0.05) is 29.3 Å². The molecule has 1 saturated carbocycles. The lowest BCUT2D eigenvalue weighted by molar-refractivity contribution is 0.0968. The van der Waals surface area contributed by atoms with Crippen LogP contribution in [-0.2, 0) is 0 Å². The number of benzene rings is 2. The van der Waals surface area contributed by atoms with Crippen molar-refractivity contribution in [2.45, 2.75) is 31.7 Å². The molecular formula is C30H27Cl2N5O2. The third-order valence-electron chi connectivity index (χ3n) is 7.29. The molecule has 1 atom stereocenters. The van der Waals surface area contributed by atoms with Crippen molar-refractivity contribution < 1.29 is 9.59 Å². The van der Waals surface area contributed by atoms with Crippen LogP contribution in [0.5, 0.6) is 0 Å². The second-order valence-corrected chi connectivity index (χ2v) is 10.9. The summed E-state index contributed by atoms with van der Waals surface area (Å²) in [6.45, 7) is 1.98. The highest BCUT2D eigenvalue weighted by Gasteiger charge is 2.32. The number of halogens is 2. The third-order valence-corrected chi connectivity index (χ3v) is 7.92. The highest BCUT2D eigenvalue weighted by atomic mass is 35.5. The van der Waals surface area contributed by atoms with Crippen molar-refractivity contribution in [3.05, 3.63) is 76.0 Å². The molecule has 2 aromatic heterocycles. The first-order valence-electron chi connectivity index (χ1n) is 13.1. The summed E-state index contributed by atoms with van der Waals surface area (Å²) < 4.78 is 0. The molecule has 3 heterocycles. The quantitative estimate of drug-likeness (QED) is 0.159. The summed E-state index contributed by atoms with van der Waals surface area (Å²) in [6, 6.07) is 13.5. The van der Waals surface area contributed by atoms with Crippen molar-refractivity contribution in [2.75, 3.05) is 23.7 Å². The van der Waals surface area contributed by atoms with Crippen molar-refractivity contribution in [3.8, 4) is 11.1 Å². The lowest BCUT2D eigenvalue weighted by Gasteiger charge is -2.24. The third kappa shape index (κ3) is 5.48. The Bertz CT molecular complexity index is 1540. The summed E-state index contributed by atoms with van der Waals surface area (Å²) in [5, 5.41) is 11.7. The molecule has 1 saturated heterocycles. The number of anilines is 3. The number of nitrogens with one attached hydrogen (secondary N) is 3. The minimum absolute atomic E-state index is 0.0373. The minimum atomic E-state index is 0.0373. The molecule has 1 unspecified atom stereocenters. The van der Waals surface area contributed by atoms with Crippen molar-refractivity contribution >= 4 is 63.4 Å². The summed E-state index contributed by atoms with van der Waals surface area (Å²) in [6.07, 6.45) is 8.14. The predicted octanol–water partition coefficient (Wildman–Crippen LogP) is 6.92. The maximum absolute atomic E-state index is 13.3. The van der Waals surface area contributed by atoms with Crippen LogP contribution in [0.15, 0.2) is 54.9 Å². The maximum atomic E-state index is 13.3. The maximum Gasteiger partial charge on any atom is 0.169 e. The number of carbonyl (C=O) groups excluding carboxylic acids is 2. The fraction of sp³-hybridized carbons (Fsp3) is 0.267. The van der Waals surface area contributed by atoms with Crippen LogP contribution in [-0.4, -0.2) is 41.2 Å². The monoisotopic (exact) mass is 559 g/mol. The SMILES string of the molecule is O=Cc1c(Cl)cc(-c2ccc3ncc(C(=O)C4CC4)c(Nc4ccc(NC5CCCNC5)nc4)c3c2)cc1Cl. The molecule has 2 fully saturated rings. The van der Waals surface area contributed by atoms with E-state index in [4.69, 9.17) is 23.2 Å². The average molecular weight is 560 g/mol. The molecule has 2 aromatic carbocycles. The van der Waals surface area contributed by atoms with E-state index >= 15 is 0 Å². The molecule has 1 aliphatic carbocycles. The van der Waals surface area contributed by atoms with E-state index in [1.807, 2.05) is 30.3 Å². The molecule has 0 radical (unpaired) electrons. The highest BCUT2D eigenvalue weighted by Crippen LogP contribution is 2.39. The van der Waals surface area contributed by atoms with Gasteiger partial charge in [-0.05, 0) is 79.8 Å². The summed E-state index contributed by atoms with van der Waals surface area (Å²) >= 11 is 12.6. The van der Waals surface area contributed by atoms with Crippen LogP contribution in [0.3, 0.4) is 0 Å². The first-order valence-corrected chi connectivity index (χ1v) is 13.9. The topological polar surface area (TPSA) is 96.0 Å². The molecule has 4 aromatic rings. The Balaban J connectivity index is 1.38. The molecule has 3 N–H and O–H groups in total. The van der Waals surface area contributed by atoms with E-state index in [1.165, 1.54) is 0 Å². The molecular weight excluding hydrogens is 533 g/mol. The van der Waals surface area contributed by atoms with Crippen molar-refractivity contribution in [1.82, 2.24) is 15.3 Å². The summed E-state index contributed by atoms with van der Waals surface area (Å²) in [5.41, 5.74) is 4.62. The molecule has 6 rings (SSSR count). The van der Waals surface area contributed by atoms with Gasteiger partial charge in [0.2, 0.25) is 0 Å². The minimum Gasteiger partial charge on any atom is -0.366 e. The number of ketones is 1. The van der Waals surface area contributed by atoms with E-state index in [0.717, 1.165) is 72.3 Å². The van der Waals surface area contributed by atoms with E-state index in [0.29, 0.717) is 23.6 Å². The van der Waals surface area contributed by atoms with Crippen molar-refractivity contribution in [3.63, 3.8) is 0 Å². The second-order valence-electron chi connectivity index (χ2n) is 10.1. The van der Waals surface area contributed by atoms with Crippen molar-refractivity contribution in [2.24, 2.45) is 5.92 Å². The first-order chi connectivity index (χ1) is 19.0. The van der Waals surface area contributed by atoms with Gasteiger partial charge in [0.15, 0.2) is 12.1 Å². The first kappa shape index (κ1) is 25.7. The Labute approximate surface area is 236 Å². The smallest absolute Gasteiger partial charge is 0.169 e. The molecule has 1 aliphatic heterocycles. The van der Waals surface area contributed by atoms with Crippen LogP contribution >= 0.6 is 23.2 Å². The number of aromatic nitrogens is 2. The Morgan fingerprint density at radius 3 is 2.46 bits per heavy atom. The number of fused-ring (bicyclic) bond motifs is 1. The fourth-order valence-corrected chi connectivity index (χ4v) is 5.58. The van der Waals surface area contributed by atoms with E-state index < -0.39 is 0 Å². The van der Waals surface area contributed by atoms with Crippen molar-refractivity contribution in [1.29, 1.82) is 0 Å². The number of hydrogen-bond donors (Lipinski definition) is 3. The Morgan fingerprint density at radius 2 is 1.79 bits per heavy atom. The van der Waals surface area contributed by atoms with Crippen LogP contribution < -0.4 is 16.0 Å². The van der Waals surface area contributed by atoms with Gasteiger partial charge >= 0.3 is 0 Å².